The molecule has 2 aromatic carbocycles. The number of alkyl halides is 2. The minimum atomic E-state index is -2.80. The van der Waals surface area contributed by atoms with Crippen LogP contribution in [0, 0.1) is 12.7 Å². The minimum absolute atomic E-state index is 0.0606. The van der Waals surface area contributed by atoms with E-state index in [1.807, 2.05) is 37.3 Å². The van der Waals surface area contributed by atoms with Crippen LogP contribution in [0.4, 0.5) is 13.2 Å². The van der Waals surface area contributed by atoms with Crippen molar-refractivity contribution in [1.82, 2.24) is 20.1 Å². The van der Waals surface area contributed by atoms with E-state index in [2.05, 4.69) is 15.2 Å². The molecule has 1 aliphatic heterocycles. The molecular weight excluding hydrogens is 457 g/mol. The first kappa shape index (κ1) is 22.5. The van der Waals surface area contributed by atoms with Gasteiger partial charge in [-0.3, -0.25) is 4.79 Å². The van der Waals surface area contributed by atoms with Crippen molar-refractivity contribution in [2.24, 2.45) is 0 Å². The van der Waals surface area contributed by atoms with Gasteiger partial charge in [0.1, 0.15) is 5.56 Å². The molecule has 0 unspecified atom stereocenters. The molecule has 0 fully saturated rings. The van der Waals surface area contributed by atoms with Crippen LogP contribution in [0.5, 0.6) is 11.6 Å². The van der Waals surface area contributed by atoms with Crippen LogP contribution >= 0.6 is 0 Å². The number of aromatic nitrogens is 3. The standard InChI is InChI=1S/C26H19F3N4O2/c1-15-10-20(12-31-32-15)17-4-2-16(3-5-17)13-33-14-19-8-9-30-25(23(19)26(33)34)35-22-7-6-18(24(28)29)11-21(22)27/h2-12,24H,13-14H2,1H3. The fraction of sp³-hybridized carbons (Fsp3) is 0.154. The number of benzene rings is 2. The summed E-state index contributed by atoms with van der Waals surface area (Å²) >= 11 is 0. The number of nitrogens with zero attached hydrogens (tertiary/aromatic N) is 4. The molecule has 176 valence electrons. The van der Waals surface area contributed by atoms with Gasteiger partial charge in [0.25, 0.3) is 12.3 Å². The molecule has 1 aliphatic rings. The predicted octanol–water partition coefficient (Wildman–Crippen LogP) is 5.87. The van der Waals surface area contributed by atoms with E-state index >= 15 is 0 Å². The molecule has 3 heterocycles. The van der Waals surface area contributed by atoms with E-state index in [4.69, 9.17) is 4.74 Å². The maximum atomic E-state index is 14.3. The largest absolute Gasteiger partial charge is 0.435 e. The number of hydrogen-bond donors (Lipinski definition) is 0. The normalized spacial score (nSPS) is 12.8. The van der Waals surface area contributed by atoms with Crippen molar-refractivity contribution >= 4 is 5.91 Å². The fourth-order valence-corrected chi connectivity index (χ4v) is 3.98. The summed E-state index contributed by atoms with van der Waals surface area (Å²) in [5, 5.41) is 7.95. The highest BCUT2D eigenvalue weighted by atomic mass is 19.3. The van der Waals surface area contributed by atoms with Crippen molar-refractivity contribution in [1.29, 1.82) is 0 Å². The highest BCUT2D eigenvalue weighted by Gasteiger charge is 2.32. The van der Waals surface area contributed by atoms with Gasteiger partial charge in [-0.1, -0.05) is 24.3 Å². The molecule has 0 saturated carbocycles. The van der Waals surface area contributed by atoms with Gasteiger partial charge in [0.2, 0.25) is 5.88 Å². The van der Waals surface area contributed by atoms with Gasteiger partial charge in [0, 0.05) is 30.4 Å². The number of carbonyl (C=O) groups excluding carboxylic acids is 1. The van der Waals surface area contributed by atoms with Crippen LogP contribution in [0.25, 0.3) is 11.1 Å². The SMILES string of the molecule is Cc1cc(-c2ccc(CN3Cc4ccnc(Oc5ccc(C(F)F)cc5F)c4C3=O)cc2)cnn1. The van der Waals surface area contributed by atoms with Gasteiger partial charge in [0.15, 0.2) is 11.6 Å². The van der Waals surface area contributed by atoms with Crippen molar-refractivity contribution in [2.45, 2.75) is 26.4 Å². The molecule has 35 heavy (non-hydrogen) atoms. The van der Waals surface area contributed by atoms with Gasteiger partial charge < -0.3 is 9.64 Å². The molecule has 0 aliphatic carbocycles. The van der Waals surface area contributed by atoms with Gasteiger partial charge >= 0.3 is 0 Å². The van der Waals surface area contributed by atoms with Crippen LogP contribution in [0.2, 0.25) is 0 Å². The second-order valence-electron chi connectivity index (χ2n) is 8.19. The van der Waals surface area contributed by atoms with Crippen LogP contribution in [0.3, 0.4) is 0 Å². The van der Waals surface area contributed by atoms with Crippen LogP contribution in [-0.4, -0.2) is 26.0 Å². The predicted molar refractivity (Wildman–Crippen MR) is 121 cm³/mol. The first-order valence-corrected chi connectivity index (χ1v) is 10.8. The number of aryl methyl sites for hydroxylation is 1. The Morgan fingerprint density at radius 3 is 2.57 bits per heavy atom. The lowest BCUT2D eigenvalue weighted by molar-refractivity contribution is 0.0764. The molecule has 0 spiro atoms. The summed E-state index contributed by atoms with van der Waals surface area (Å²) in [6.07, 6.45) is 0.365. The van der Waals surface area contributed by atoms with E-state index in [-0.39, 0.29) is 23.1 Å². The number of halogens is 3. The van der Waals surface area contributed by atoms with E-state index in [9.17, 15) is 18.0 Å². The Balaban J connectivity index is 1.33. The number of carbonyl (C=O) groups is 1. The summed E-state index contributed by atoms with van der Waals surface area (Å²) < 4.78 is 45.5. The van der Waals surface area contributed by atoms with Crippen LogP contribution in [0.15, 0.2) is 67.0 Å². The molecule has 0 bridgehead atoms. The second kappa shape index (κ2) is 9.17. The molecule has 6 nitrogen and oxygen atoms in total. The van der Waals surface area contributed by atoms with E-state index < -0.39 is 17.8 Å². The molecule has 4 aromatic rings. The zero-order chi connectivity index (χ0) is 24.5. The summed E-state index contributed by atoms with van der Waals surface area (Å²) in [7, 11) is 0. The number of fused-ring (bicyclic) bond motifs is 1. The lowest BCUT2D eigenvalue weighted by Crippen LogP contribution is -2.23. The molecule has 5 rings (SSSR count). The fourth-order valence-electron chi connectivity index (χ4n) is 3.98. The van der Waals surface area contributed by atoms with Gasteiger partial charge in [-0.2, -0.15) is 10.2 Å². The van der Waals surface area contributed by atoms with Crippen molar-refractivity contribution in [3.63, 3.8) is 0 Å². The van der Waals surface area contributed by atoms with Crippen molar-refractivity contribution in [3.05, 3.63) is 101 Å². The lowest BCUT2D eigenvalue weighted by atomic mass is 10.1. The average Bonchev–Trinajstić information content (AvgIpc) is 3.16. The van der Waals surface area contributed by atoms with Crippen LogP contribution in [-0.2, 0) is 13.1 Å². The highest BCUT2D eigenvalue weighted by molar-refractivity contribution is 6.00. The molecule has 9 heteroatoms. The van der Waals surface area contributed by atoms with Gasteiger partial charge in [-0.05, 0) is 53.9 Å². The number of hydrogen-bond acceptors (Lipinski definition) is 5. The third kappa shape index (κ3) is 4.57. The highest BCUT2D eigenvalue weighted by Crippen LogP contribution is 2.34. The Morgan fingerprint density at radius 2 is 1.86 bits per heavy atom. The third-order valence-electron chi connectivity index (χ3n) is 5.72. The van der Waals surface area contributed by atoms with Crippen molar-refractivity contribution in [3.8, 4) is 22.8 Å². The molecule has 1 amide bonds. The minimum Gasteiger partial charge on any atom is -0.435 e. The number of rotatable bonds is 6. The van der Waals surface area contributed by atoms with E-state index in [1.165, 1.54) is 6.20 Å². The summed E-state index contributed by atoms with van der Waals surface area (Å²) in [6.45, 7) is 2.58. The summed E-state index contributed by atoms with van der Waals surface area (Å²) in [5.74, 6) is -1.59. The molecule has 2 aromatic heterocycles. The average molecular weight is 476 g/mol. The van der Waals surface area contributed by atoms with Crippen molar-refractivity contribution in [2.75, 3.05) is 0 Å². The van der Waals surface area contributed by atoms with Gasteiger partial charge in [0.05, 0.1) is 11.9 Å². The first-order valence-electron chi connectivity index (χ1n) is 10.8. The smallest absolute Gasteiger partial charge is 0.263 e. The quantitative estimate of drug-likeness (QED) is 0.348. The second-order valence-corrected chi connectivity index (χ2v) is 8.19. The zero-order valence-corrected chi connectivity index (χ0v) is 18.6. The monoisotopic (exact) mass is 476 g/mol. The Bertz CT molecular complexity index is 1410. The molecule has 0 atom stereocenters. The summed E-state index contributed by atoms with van der Waals surface area (Å²) in [6, 6.07) is 14.4. The van der Waals surface area contributed by atoms with Crippen molar-refractivity contribution < 1.29 is 22.7 Å². The summed E-state index contributed by atoms with van der Waals surface area (Å²) in [4.78, 5) is 18.9. The third-order valence-corrected chi connectivity index (χ3v) is 5.72. The lowest BCUT2D eigenvalue weighted by Gasteiger charge is -2.16. The molecule has 0 N–H and O–H groups in total. The van der Waals surface area contributed by atoms with Gasteiger partial charge in [-0.25, -0.2) is 18.2 Å². The van der Waals surface area contributed by atoms with Crippen LogP contribution in [0.1, 0.15) is 39.2 Å². The molecular formula is C26H19F3N4O2. The Hall–Kier alpha value is -4.27. The maximum Gasteiger partial charge on any atom is 0.263 e. The van der Waals surface area contributed by atoms with Gasteiger partial charge in [-0.15, -0.1) is 0 Å². The number of pyridine rings is 1. The number of amides is 1. The number of ether oxygens (including phenoxy) is 1. The molecule has 0 saturated heterocycles. The van der Waals surface area contributed by atoms with Crippen LogP contribution < -0.4 is 4.74 Å². The maximum absolute atomic E-state index is 14.3. The van der Waals surface area contributed by atoms with E-state index in [1.54, 1.807) is 17.2 Å². The molecule has 0 radical (unpaired) electrons. The van der Waals surface area contributed by atoms with E-state index in [0.717, 1.165) is 34.5 Å². The first-order chi connectivity index (χ1) is 16.9. The van der Waals surface area contributed by atoms with E-state index in [0.29, 0.717) is 24.7 Å². The Labute approximate surface area is 199 Å². The zero-order valence-electron chi connectivity index (χ0n) is 18.6. The Morgan fingerprint density at radius 1 is 1.06 bits per heavy atom. The topological polar surface area (TPSA) is 68.2 Å². The Kier molecular flexibility index (Phi) is 5.90. The summed E-state index contributed by atoms with van der Waals surface area (Å²) in [5.41, 5.74) is 4.17.